The van der Waals surface area contributed by atoms with Crippen LogP contribution in [0.5, 0.6) is 5.75 Å². The van der Waals surface area contributed by atoms with Gasteiger partial charge in [-0.15, -0.1) is 0 Å². The van der Waals surface area contributed by atoms with E-state index in [4.69, 9.17) is 13.9 Å². The quantitative estimate of drug-likeness (QED) is 0.326. The fraction of sp³-hybridized carbons (Fsp3) is 0.143. The molecule has 3 rings (SSSR count). The Balaban J connectivity index is 1.51. The van der Waals surface area contributed by atoms with Gasteiger partial charge in [0, 0.05) is 17.8 Å². The summed E-state index contributed by atoms with van der Waals surface area (Å²) < 4.78 is 28.8. The van der Waals surface area contributed by atoms with Crippen LogP contribution in [0.2, 0.25) is 0 Å². The Morgan fingerprint density at radius 3 is 2.42 bits per heavy atom. The third-order valence-electron chi connectivity index (χ3n) is 4.06. The van der Waals surface area contributed by atoms with E-state index < -0.39 is 22.9 Å². The van der Waals surface area contributed by atoms with Crippen LogP contribution in [0.15, 0.2) is 65.1 Å². The summed E-state index contributed by atoms with van der Waals surface area (Å²) in [5, 5.41) is 13.2. The van der Waals surface area contributed by atoms with Crippen molar-refractivity contribution in [1.29, 1.82) is 0 Å². The van der Waals surface area contributed by atoms with Crippen molar-refractivity contribution in [2.45, 2.75) is 19.6 Å². The van der Waals surface area contributed by atoms with E-state index in [0.717, 1.165) is 0 Å². The minimum Gasteiger partial charge on any atom is -0.486 e. The Bertz CT molecular complexity index is 1080. The van der Waals surface area contributed by atoms with Crippen molar-refractivity contribution in [2.75, 3.05) is 5.32 Å². The minimum absolute atomic E-state index is 0.00902. The van der Waals surface area contributed by atoms with E-state index in [1.165, 1.54) is 67.6 Å². The molecule has 0 fully saturated rings. The van der Waals surface area contributed by atoms with E-state index in [-0.39, 0.29) is 23.9 Å². The Kier molecular flexibility index (Phi) is 6.61. The predicted octanol–water partition coefficient (Wildman–Crippen LogP) is 4.09. The van der Waals surface area contributed by atoms with E-state index in [2.05, 4.69) is 5.32 Å². The molecule has 1 N–H and O–H groups in total. The average Bonchev–Trinajstić information content (AvgIpc) is 3.23. The second-order valence-corrected chi connectivity index (χ2v) is 6.35. The monoisotopic (exact) mass is 428 g/mol. The van der Waals surface area contributed by atoms with Gasteiger partial charge >= 0.3 is 5.97 Å². The summed E-state index contributed by atoms with van der Waals surface area (Å²) in [7, 11) is 0. The first-order valence-corrected chi connectivity index (χ1v) is 9.05. The number of rotatable bonds is 8. The van der Waals surface area contributed by atoms with Gasteiger partial charge in [-0.1, -0.05) is 0 Å². The summed E-state index contributed by atoms with van der Waals surface area (Å²) >= 11 is 0. The molecule has 31 heavy (non-hydrogen) atoms. The number of nitrogens with zero attached hydrogens (tertiary/aromatic N) is 1. The van der Waals surface area contributed by atoms with Crippen LogP contribution in [0, 0.1) is 15.9 Å². The first-order valence-electron chi connectivity index (χ1n) is 9.05. The topological polar surface area (TPSA) is 121 Å². The molecule has 3 aromatic rings. The lowest BCUT2D eigenvalue weighted by atomic mass is 10.2. The van der Waals surface area contributed by atoms with Gasteiger partial charge in [0.1, 0.15) is 23.9 Å². The van der Waals surface area contributed by atoms with Gasteiger partial charge in [0.2, 0.25) is 5.76 Å². The molecule has 0 spiro atoms. The summed E-state index contributed by atoms with van der Waals surface area (Å²) in [4.78, 5) is 34.5. The van der Waals surface area contributed by atoms with Gasteiger partial charge in [0.05, 0.1) is 4.92 Å². The van der Waals surface area contributed by atoms with Gasteiger partial charge in [-0.25, -0.2) is 9.18 Å². The molecule has 0 saturated carbocycles. The van der Waals surface area contributed by atoms with Crippen LogP contribution < -0.4 is 10.1 Å². The highest BCUT2D eigenvalue weighted by molar-refractivity contribution is 5.96. The van der Waals surface area contributed by atoms with E-state index >= 15 is 0 Å². The molecule has 160 valence electrons. The largest absolute Gasteiger partial charge is 0.486 e. The lowest BCUT2D eigenvalue weighted by Crippen LogP contribution is -2.29. The van der Waals surface area contributed by atoms with Crippen LogP contribution >= 0.6 is 0 Å². The molecule has 9 nitrogen and oxygen atoms in total. The molecule has 0 saturated heterocycles. The maximum atomic E-state index is 12.9. The molecule has 0 aliphatic carbocycles. The molecular weight excluding hydrogens is 411 g/mol. The van der Waals surface area contributed by atoms with Crippen molar-refractivity contribution in [3.63, 3.8) is 0 Å². The first-order chi connectivity index (χ1) is 14.8. The number of furan rings is 1. The third kappa shape index (κ3) is 5.89. The van der Waals surface area contributed by atoms with Gasteiger partial charge in [0.25, 0.3) is 11.6 Å². The maximum Gasteiger partial charge on any atom is 0.375 e. The molecule has 1 heterocycles. The van der Waals surface area contributed by atoms with Gasteiger partial charge in [-0.3, -0.25) is 14.9 Å². The van der Waals surface area contributed by atoms with Crippen LogP contribution in [0.3, 0.4) is 0 Å². The standard InChI is InChI=1S/C21H17FN2O7/c1-13(20(25)23-15-4-6-16(7-5-15)24(27)28)30-21(26)19-11-10-18(31-19)12-29-17-8-2-14(22)3-9-17/h2-11,13H,12H2,1H3,(H,23,25). The van der Waals surface area contributed by atoms with Crippen molar-refractivity contribution in [3.05, 3.63) is 88.1 Å². The van der Waals surface area contributed by atoms with E-state index in [0.29, 0.717) is 17.2 Å². The fourth-order valence-electron chi connectivity index (χ4n) is 2.43. The highest BCUT2D eigenvalue weighted by Gasteiger charge is 2.21. The lowest BCUT2D eigenvalue weighted by Gasteiger charge is -2.12. The van der Waals surface area contributed by atoms with Crippen LogP contribution in [0.4, 0.5) is 15.8 Å². The average molecular weight is 428 g/mol. The lowest BCUT2D eigenvalue weighted by molar-refractivity contribution is -0.384. The number of carbonyl (C=O) groups excluding carboxylic acids is 2. The first kappa shape index (κ1) is 21.5. The zero-order valence-corrected chi connectivity index (χ0v) is 16.2. The number of non-ortho nitro benzene ring substituents is 1. The number of benzene rings is 2. The number of hydrogen-bond donors (Lipinski definition) is 1. The zero-order valence-electron chi connectivity index (χ0n) is 16.2. The van der Waals surface area contributed by atoms with E-state index in [1.54, 1.807) is 0 Å². The van der Waals surface area contributed by atoms with Gasteiger partial charge < -0.3 is 19.2 Å². The highest BCUT2D eigenvalue weighted by Crippen LogP contribution is 2.18. The molecule has 2 aromatic carbocycles. The van der Waals surface area contributed by atoms with Crippen molar-refractivity contribution in [1.82, 2.24) is 0 Å². The maximum absolute atomic E-state index is 12.9. The summed E-state index contributed by atoms with van der Waals surface area (Å²) in [6, 6.07) is 13.5. The van der Waals surface area contributed by atoms with Crippen LogP contribution in [-0.2, 0) is 16.1 Å². The van der Waals surface area contributed by atoms with Crippen molar-refractivity contribution in [2.24, 2.45) is 0 Å². The number of amides is 1. The predicted molar refractivity (Wildman–Crippen MR) is 106 cm³/mol. The summed E-state index contributed by atoms with van der Waals surface area (Å²) in [5.74, 6) is -1.21. The van der Waals surface area contributed by atoms with Crippen LogP contribution in [-0.4, -0.2) is 22.9 Å². The van der Waals surface area contributed by atoms with Crippen LogP contribution in [0.1, 0.15) is 23.2 Å². The molecule has 0 bridgehead atoms. The summed E-state index contributed by atoms with van der Waals surface area (Å²) in [6.45, 7) is 1.38. The minimum atomic E-state index is -1.15. The molecule has 0 aliphatic rings. The molecule has 0 aliphatic heterocycles. The second-order valence-electron chi connectivity index (χ2n) is 6.35. The molecule has 10 heteroatoms. The van der Waals surface area contributed by atoms with Crippen molar-refractivity contribution < 1.29 is 32.8 Å². The Labute approximate surface area is 175 Å². The van der Waals surface area contributed by atoms with E-state index in [9.17, 15) is 24.1 Å². The second kappa shape index (κ2) is 9.53. The number of hydrogen-bond acceptors (Lipinski definition) is 7. The number of anilines is 1. The molecule has 0 radical (unpaired) electrons. The molecule has 1 aromatic heterocycles. The summed E-state index contributed by atoms with van der Waals surface area (Å²) in [6.07, 6.45) is -1.15. The summed E-state index contributed by atoms with van der Waals surface area (Å²) in [5.41, 5.74) is 0.200. The van der Waals surface area contributed by atoms with E-state index in [1.807, 2.05) is 0 Å². The molecule has 1 unspecified atom stereocenters. The Hall–Kier alpha value is -4.21. The molecule has 1 amide bonds. The number of nitro groups is 1. The van der Waals surface area contributed by atoms with Crippen molar-refractivity contribution in [3.8, 4) is 5.75 Å². The molecule has 1 atom stereocenters. The normalized spacial score (nSPS) is 11.4. The van der Waals surface area contributed by atoms with Gasteiger partial charge in [0.15, 0.2) is 6.10 Å². The van der Waals surface area contributed by atoms with Crippen molar-refractivity contribution >= 4 is 23.3 Å². The zero-order chi connectivity index (χ0) is 22.4. The number of ether oxygens (including phenoxy) is 2. The SMILES string of the molecule is CC(OC(=O)c1ccc(COc2ccc(F)cc2)o1)C(=O)Nc1ccc([N+](=O)[O-])cc1. The molecular formula is C21H17FN2O7. The highest BCUT2D eigenvalue weighted by atomic mass is 19.1. The Morgan fingerprint density at radius 1 is 1.10 bits per heavy atom. The number of halogens is 1. The number of carbonyl (C=O) groups is 2. The van der Waals surface area contributed by atoms with Gasteiger partial charge in [-0.2, -0.15) is 0 Å². The number of nitro benzene ring substituents is 1. The third-order valence-corrected chi connectivity index (χ3v) is 4.06. The fourth-order valence-corrected chi connectivity index (χ4v) is 2.43. The Morgan fingerprint density at radius 2 is 1.77 bits per heavy atom. The number of nitrogens with one attached hydrogen (secondary N) is 1. The van der Waals surface area contributed by atoms with Crippen LogP contribution in [0.25, 0.3) is 0 Å². The van der Waals surface area contributed by atoms with Gasteiger partial charge in [-0.05, 0) is 55.5 Å². The smallest absolute Gasteiger partial charge is 0.375 e. The number of esters is 1.